The molecule has 0 bridgehead atoms. The summed E-state index contributed by atoms with van der Waals surface area (Å²) in [5, 5.41) is 0. The Morgan fingerprint density at radius 3 is 2.07 bits per heavy atom. The summed E-state index contributed by atoms with van der Waals surface area (Å²) in [6.45, 7) is 4.69. The highest BCUT2D eigenvalue weighted by atomic mass is 32.2. The Bertz CT molecular complexity index is 207. The van der Waals surface area contributed by atoms with Crippen molar-refractivity contribution in [2.75, 3.05) is 12.3 Å². The number of sulfonamides is 1. The maximum Gasteiger partial charge on any atom is 0.227 e. The van der Waals surface area contributed by atoms with Crippen LogP contribution in [0.1, 0.15) is 58.8 Å². The zero-order chi connectivity index (χ0) is 11.6. The highest BCUT2D eigenvalue weighted by Gasteiger charge is 2.09. The van der Waals surface area contributed by atoms with Gasteiger partial charge >= 0.3 is 0 Å². The molecule has 4 heteroatoms. The van der Waals surface area contributed by atoms with Crippen LogP contribution in [0.5, 0.6) is 0 Å². The van der Waals surface area contributed by atoms with Gasteiger partial charge in [-0.1, -0.05) is 46.0 Å². The fourth-order valence-corrected chi connectivity index (χ4v) is 2.45. The van der Waals surface area contributed by atoms with Crippen molar-refractivity contribution < 1.29 is 8.42 Å². The van der Waals surface area contributed by atoms with E-state index in [1.165, 1.54) is 0 Å². The van der Waals surface area contributed by atoms with Crippen LogP contribution in [0.2, 0.25) is 0 Å². The number of rotatable bonds is 10. The first-order valence-corrected chi connectivity index (χ1v) is 7.64. The average molecular weight is 234 g/mol. The first-order chi connectivity index (χ1) is 7.12. The molecule has 0 unspecified atom stereocenters. The molecule has 0 saturated heterocycles. The largest absolute Gasteiger partial charge is 0.227 e. The van der Waals surface area contributed by atoms with Gasteiger partial charge in [0.25, 0.3) is 0 Å². The molecule has 3 nitrogen and oxygen atoms in total. The Balaban J connectivity index is 3.50. The quantitative estimate of drug-likeness (QED) is 0.546. The SMILES string of the molecule is CCCCCCS(=O)(=O)[N]CCCCC. The van der Waals surface area contributed by atoms with E-state index >= 15 is 0 Å². The van der Waals surface area contributed by atoms with Gasteiger partial charge in [0.15, 0.2) is 0 Å². The number of hydrogen-bond acceptors (Lipinski definition) is 2. The fraction of sp³-hybridized carbons (Fsp3) is 1.00. The van der Waals surface area contributed by atoms with Crippen LogP contribution in [-0.2, 0) is 10.0 Å². The van der Waals surface area contributed by atoms with E-state index in [4.69, 9.17) is 0 Å². The molecule has 0 atom stereocenters. The minimum atomic E-state index is -3.12. The van der Waals surface area contributed by atoms with E-state index < -0.39 is 10.0 Å². The van der Waals surface area contributed by atoms with Gasteiger partial charge in [-0.15, -0.1) is 4.72 Å². The lowest BCUT2D eigenvalue weighted by atomic mass is 10.2. The van der Waals surface area contributed by atoms with Crippen molar-refractivity contribution in [1.29, 1.82) is 0 Å². The van der Waals surface area contributed by atoms with Gasteiger partial charge in [-0.2, -0.15) is 0 Å². The molecule has 0 heterocycles. The molecule has 0 rings (SSSR count). The van der Waals surface area contributed by atoms with Crippen molar-refractivity contribution in [1.82, 2.24) is 4.72 Å². The van der Waals surface area contributed by atoms with E-state index in [0.29, 0.717) is 6.54 Å². The fourth-order valence-electron chi connectivity index (χ4n) is 1.34. The zero-order valence-electron chi connectivity index (χ0n) is 10.0. The Labute approximate surface area is 94.7 Å². The summed E-state index contributed by atoms with van der Waals surface area (Å²) in [6, 6.07) is 0. The van der Waals surface area contributed by atoms with Crippen LogP contribution in [0.25, 0.3) is 0 Å². The lowest BCUT2D eigenvalue weighted by Gasteiger charge is -2.03. The van der Waals surface area contributed by atoms with E-state index in [-0.39, 0.29) is 5.75 Å². The molecule has 0 spiro atoms. The Kier molecular flexibility index (Phi) is 9.10. The van der Waals surface area contributed by atoms with E-state index in [9.17, 15) is 8.42 Å². The molecule has 0 fully saturated rings. The van der Waals surface area contributed by atoms with Crippen LogP contribution in [0.15, 0.2) is 0 Å². The molecule has 0 aliphatic heterocycles. The van der Waals surface area contributed by atoms with Crippen LogP contribution in [-0.4, -0.2) is 20.7 Å². The van der Waals surface area contributed by atoms with Crippen LogP contribution in [0.3, 0.4) is 0 Å². The number of unbranched alkanes of at least 4 members (excludes halogenated alkanes) is 5. The molecule has 91 valence electrons. The molecule has 0 amide bonds. The highest BCUT2D eigenvalue weighted by Crippen LogP contribution is 2.02. The first-order valence-electron chi connectivity index (χ1n) is 6.04. The van der Waals surface area contributed by atoms with E-state index in [2.05, 4.69) is 18.6 Å². The summed E-state index contributed by atoms with van der Waals surface area (Å²) >= 11 is 0. The molecule has 15 heavy (non-hydrogen) atoms. The Morgan fingerprint density at radius 1 is 0.867 bits per heavy atom. The summed E-state index contributed by atoms with van der Waals surface area (Å²) < 4.78 is 26.5. The van der Waals surface area contributed by atoms with Gasteiger partial charge < -0.3 is 0 Å². The third-order valence-electron chi connectivity index (χ3n) is 2.31. The van der Waals surface area contributed by atoms with Gasteiger partial charge in [0, 0.05) is 6.54 Å². The number of nitrogens with zero attached hydrogens (tertiary/aromatic N) is 1. The van der Waals surface area contributed by atoms with Crippen LogP contribution in [0.4, 0.5) is 0 Å². The Hall–Kier alpha value is -0.0900. The topological polar surface area (TPSA) is 48.2 Å². The van der Waals surface area contributed by atoms with Crippen molar-refractivity contribution in [2.45, 2.75) is 58.8 Å². The van der Waals surface area contributed by atoms with Crippen LogP contribution < -0.4 is 4.72 Å². The van der Waals surface area contributed by atoms with E-state index in [1.54, 1.807) is 0 Å². The van der Waals surface area contributed by atoms with Crippen LogP contribution >= 0.6 is 0 Å². The summed E-state index contributed by atoms with van der Waals surface area (Å²) in [5.41, 5.74) is 0. The predicted octanol–water partition coefficient (Wildman–Crippen LogP) is 2.69. The second kappa shape index (κ2) is 9.16. The molecule has 1 radical (unpaired) electrons. The molecule has 0 saturated carbocycles. The van der Waals surface area contributed by atoms with Crippen molar-refractivity contribution in [3.05, 3.63) is 0 Å². The molecule has 0 aliphatic rings. The van der Waals surface area contributed by atoms with E-state index in [0.717, 1.165) is 44.9 Å². The monoisotopic (exact) mass is 234 g/mol. The van der Waals surface area contributed by atoms with Gasteiger partial charge in [0.1, 0.15) is 0 Å². The van der Waals surface area contributed by atoms with Gasteiger partial charge in [-0.25, -0.2) is 8.42 Å². The second-order valence-corrected chi connectivity index (χ2v) is 5.74. The molecule has 0 aromatic rings. The number of hydrogen-bond donors (Lipinski definition) is 0. The third-order valence-corrected chi connectivity index (χ3v) is 3.69. The Morgan fingerprint density at radius 2 is 1.47 bits per heavy atom. The van der Waals surface area contributed by atoms with Crippen molar-refractivity contribution in [3.8, 4) is 0 Å². The average Bonchev–Trinajstić information content (AvgIpc) is 2.20. The predicted molar refractivity (Wildman–Crippen MR) is 64.5 cm³/mol. The summed E-state index contributed by atoms with van der Waals surface area (Å²) in [6.07, 6.45) is 7.07. The minimum absolute atomic E-state index is 0.235. The smallest absolute Gasteiger partial charge is 0.211 e. The van der Waals surface area contributed by atoms with Gasteiger partial charge in [-0.05, 0) is 12.8 Å². The maximum absolute atomic E-state index is 11.4. The first kappa shape index (κ1) is 14.9. The molecular formula is C11H24NO2S. The summed E-state index contributed by atoms with van der Waals surface area (Å²) in [5.74, 6) is 0.235. The summed E-state index contributed by atoms with van der Waals surface area (Å²) in [4.78, 5) is 0. The molecular weight excluding hydrogens is 210 g/mol. The summed E-state index contributed by atoms with van der Waals surface area (Å²) in [7, 11) is -3.12. The standard InChI is InChI=1S/C11H24NO2S/c1-3-5-7-9-11-15(13,14)12-10-8-6-4-2/h3-11H2,1-2H3. The lowest BCUT2D eigenvalue weighted by molar-refractivity contribution is 0.568. The van der Waals surface area contributed by atoms with Gasteiger partial charge in [0.2, 0.25) is 10.0 Å². The van der Waals surface area contributed by atoms with Crippen molar-refractivity contribution in [3.63, 3.8) is 0 Å². The van der Waals surface area contributed by atoms with Gasteiger partial charge in [-0.3, -0.25) is 0 Å². The molecule has 0 N–H and O–H groups in total. The van der Waals surface area contributed by atoms with E-state index in [1.807, 2.05) is 0 Å². The minimum Gasteiger partial charge on any atom is -0.211 e. The molecule has 0 aromatic carbocycles. The van der Waals surface area contributed by atoms with Crippen molar-refractivity contribution in [2.24, 2.45) is 0 Å². The third kappa shape index (κ3) is 10.2. The lowest BCUT2D eigenvalue weighted by Crippen LogP contribution is -2.20. The molecule has 0 aromatic heterocycles. The second-order valence-electron chi connectivity index (χ2n) is 3.91. The molecule has 0 aliphatic carbocycles. The van der Waals surface area contributed by atoms with Crippen LogP contribution in [0, 0.1) is 0 Å². The highest BCUT2D eigenvalue weighted by molar-refractivity contribution is 7.89. The normalized spacial score (nSPS) is 11.9. The van der Waals surface area contributed by atoms with Gasteiger partial charge in [0.05, 0.1) is 5.75 Å². The van der Waals surface area contributed by atoms with Crippen molar-refractivity contribution >= 4 is 10.0 Å². The maximum atomic E-state index is 11.4. The zero-order valence-corrected chi connectivity index (χ0v) is 10.9.